The van der Waals surface area contributed by atoms with E-state index in [1.807, 2.05) is 60.7 Å². The first-order valence-electron chi connectivity index (χ1n) is 7.15. The first-order valence-corrected chi connectivity index (χ1v) is 7.94. The molecule has 0 unspecified atom stereocenters. The molecule has 0 atom stereocenters. The van der Waals surface area contributed by atoms with Gasteiger partial charge in [0.2, 0.25) is 0 Å². The third kappa shape index (κ3) is 3.48. The summed E-state index contributed by atoms with van der Waals surface area (Å²) in [5, 5.41) is 5.81. The molecule has 0 heterocycles. The molecule has 0 fully saturated rings. The van der Waals surface area contributed by atoms with E-state index in [1.165, 1.54) is 0 Å². The van der Waals surface area contributed by atoms with Crippen LogP contribution in [0.5, 0.6) is 0 Å². The molecule has 3 nitrogen and oxygen atoms in total. The summed E-state index contributed by atoms with van der Waals surface area (Å²) in [4.78, 5) is 17.4. The van der Waals surface area contributed by atoms with Gasteiger partial charge in [-0.05, 0) is 41.5 Å². The van der Waals surface area contributed by atoms with Gasteiger partial charge in [0.25, 0.3) is 0 Å². The van der Waals surface area contributed by atoms with E-state index in [2.05, 4.69) is 21.1 Å². The van der Waals surface area contributed by atoms with Crippen LogP contribution >= 0.6 is 15.9 Å². The summed E-state index contributed by atoms with van der Waals surface area (Å²) in [5.74, 6) is -0.460. The maximum atomic E-state index is 12.3. The molecular weight excluding hydrogens is 354 g/mol. The van der Waals surface area contributed by atoms with Crippen molar-refractivity contribution in [3.8, 4) is 0 Å². The lowest BCUT2D eigenvalue weighted by atomic mass is 10.1. The van der Waals surface area contributed by atoms with E-state index >= 15 is 0 Å². The van der Waals surface area contributed by atoms with Crippen LogP contribution < -0.4 is 0 Å². The van der Waals surface area contributed by atoms with Gasteiger partial charge in [-0.2, -0.15) is 0 Å². The van der Waals surface area contributed by atoms with Crippen LogP contribution in [0.1, 0.15) is 22.8 Å². The number of hydrogen-bond donors (Lipinski definition) is 0. The minimum atomic E-state index is -0.460. The van der Waals surface area contributed by atoms with Crippen LogP contribution in [0.4, 0.5) is 0 Å². The Morgan fingerprint density at radius 2 is 1.65 bits per heavy atom. The fourth-order valence-electron chi connectivity index (χ4n) is 2.31. The van der Waals surface area contributed by atoms with Crippen molar-refractivity contribution < 1.29 is 9.63 Å². The van der Waals surface area contributed by atoms with E-state index in [-0.39, 0.29) is 0 Å². The first kappa shape index (κ1) is 15.4. The molecule has 23 heavy (non-hydrogen) atoms. The van der Waals surface area contributed by atoms with E-state index in [0.29, 0.717) is 11.3 Å². The Kier molecular flexibility index (Phi) is 4.53. The molecule has 114 valence electrons. The number of halogens is 1. The van der Waals surface area contributed by atoms with Crippen molar-refractivity contribution in [2.45, 2.75) is 6.92 Å². The second kappa shape index (κ2) is 6.75. The predicted octanol–water partition coefficient (Wildman–Crippen LogP) is 5.18. The summed E-state index contributed by atoms with van der Waals surface area (Å²) < 4.78 is 0.988. The van der Waals surface area contributed by atoms with E-state index < -0.39 is 5.97 Å². The smallest absolute Gasteiger partial charge is 0.313 e. The number of rotatable bonds is 3. The molecular formula is C19H14BrNO2. The molecule has 0 aliphatic rings. The van der Waals surface area contributed by atoms with Crippen LogP contribution in [-0.4, -0.2) is 11.7 Å². The number of carbonyl (C=O) groups excluding carboxylic acids is 1. The molecule has 0 saturated heterocycles. The van der Waals surface area contributed by atoms with E-state index in [1.54, 1.807) is 13.0 Å². The molecule has 4 heteroatoms. The molecule has 3 aromatic carbocycles. The molecule has 0 aromatic heterocycles. The molecule has 0 bridgehead atoms. The highest BCUT2D eigenvalue weighted by Gasteiger charge is 2.11. The SMILES string of the molecule is C/C(=N\OC(=O)c1cccc2ccccc12)c1ccc(Br)cc1. The lowest BCUT2D eigenvalue weighted by Crippen LogP contribution is -2.04. The summed E-state index contributed by atoms with van der Waals surface area (Å²) in [6.07, 6.45) is 0. The maximum absolute atomic E-state index is 12.3. The number of carbonyl (C=O) groups is 1. The van der Waals surface area contributed by atoms with Crippen molar-refractivity contribution in [3.05, 3.63) is 82.3 Å². The largest absolute Gasteiger partial charge is 0.366 e. The van der Waals surface area contributed by atoms with Gasteiger partial charge in [0.05, 0.1) is 11.3 Å². The zero-order valence-corrected chi connectivity index (χ0v) is 14.1. The summed E-state index contributed by atoms with van der Waals surface area (Å²) in [6.45, 7) is 1.81. The van der Waals surface area contributed by atoms with Crippen LogP contribution in [0.25, 0.3) is 10.8 Å². The highest BCUT2D eigenvalue weighted by atomic mass is 79.9. The predicted molar refractivity (Wildman–Crippen MR) is 95.7 cm³/mol. The van der Waals surface area contributed by atoms with Crippen LogP contribution in [0.15, 0.2) is 76.4 Å². The molecule has 0 radical (unpaired) electrons. The fourth-order valence-corrected chi connectivity index (χ4v) is 2.57. The summed E-state index contributed by atoms with van der Waals surface area (Å²) >= 11 is 3.39. The molecule has 0 N–H and O–H groups in total. The van der Waals surface area contributed by atoms with Crippen molar-refractivity contribution in [2.75, 3.05) is 0 Å². The van der Waals surface area contributed by atoms with Gasteiger partial charge in [-0.15, -0.1) is 0 Å². The number of hydrogen-bond acceptors (Lipinski definition) is 3. The van der Waals surface area contributed by atoms with Crippen molar-refractivity contribution >= 4 is 38.4 Å². The van der Waals surface area contributed by atoms with Gasteiger partial charge in [0, 0.05) is 4.47 Å². The molecule has 0 aliphatic carbocycles. The highest BCUT2D eigenvalue weighted by molar-refractivity contribution is 9.10. The molecule has 0 amide bonds. The van der Waals surface area contributed by atoms with Crippen molar-refractivity contribution in [3.63, 3.8) is 0 Å². The second-order valence-electron chi connectivity index (χ2n) is 5.09. The van der Waals surface area contributed by atoms with Crippen molar-refractivity contribution in [1.29, 1.82) is 0 Å². The number of fused-ring (bicyclic) bond motifs is 1. The number of benzene rings is 3. The first-order chi connectivity index (χ1) is 11.1. The Hall–Kier alpha value is -2.46. The third-order valence-corrected chi connectivity index (χ3v) is 4.07. The quantitative estimate of drug-likeness (QED) is 0.363. The van der Waals surface area contributed by atoms with Gasteiger partial charge in [0.15, 0.2) is 0 Å². The molecule has 3 aromatic rings. The van der Waals surface area contributed by atoms with Crippen LogP contribution in [-0.2, 0) is 4.84 Å². The molecule has 0 saturated carbocycles. The summed E-state index contributed by atoms with van der Waals surface area (Å²) in [6, 6.07) is 20.9. The molecule has 0 spiro atoms. The van der Waals surface area contributed by atoms with Gasteiger partial charge < -0.3 is 4.84 Å². The summed E-state index contributed by atoms with van der Waals surface area (Å²) in [7, 11) is 0. The van der Waals surface area contributed by atoms with Crippen LogP contribution in [0.2, 0.25) is 0 Å². The minimum Gasteiger partial charge on any atom is -0.313 e. The highest BCUT2D eigenvalue weighted by Crippen LogP contribution is 2.19. The number of oxime groups is 1. The summed E-state index contributed by atoms with van der Waals surface area (Å²) in [5.41, 5.74) is 2.06. The van der Waals surface area contributed by atoms with Crippen LogP contribution in [0.3, 0.4) is 0 Å². The Labute approximate surface area is 142 Å². The average Bonchev–Trinajstić information content (AvgIpc) is 2.59. The van der Waals surface area contributed by atoms with E-state index in [9.17, 15) is 4.79 Å². The van der Waals surface area contributed by atoms with Gasteiger partial charge in [-0.3, -0.25) is 0 Å². The van der Waals surface area contributed by atoms with Gasteiger partial charge in [0.1, 0.15) is 0 Å². The van der Waals surface area contributed by atoms with Crippen molar-refractivity contribution in [2.24, 2.45) is 5.16 Å². The Morgan fingerprint density at radius 3 is 2.43 bits per heavy atom. The van der Waals surface area contributed by atoms with Gasteiger partial charge >= 0.3 is 5.97 Å². The Balaban J connectivity index is 1.83. The average molecular weight is 368 g/mol. The topological polar surface area (TPSA) is 38.7 Å². The van der Waals surface area contributed by atoms with Crippen molar-refractivity contribution in [1.82, 2.24) is 0 Å². The lowest BCUT2D eigenvalue weighted by molar-refractivity contribution is 0.0519. The standard InChI is InChI=1S/C19H14BrNO2/c1-13(14-9-11-16(20)12-10-14)21-23-19(22)18-8-4-6-15-5-2-3-7-17(15)18/h2-12H,1H3/b21-13+. The molecule has 3 rings (SSSR count). The zero-order chi connectivity index (χ0) is 16.2. The van der Waals surface area contributed by atoms with Gasteiger partial charge in [-0.25, -0.2) is 4.79 Å². The van der Waals surface area contributed by atoms with E-state index in [4.69, 9.17) is 4.84 Å². The number of nitrogens with zero attached hydrogens (tertiary/aromatic N) is 1. The Bertz CT molecular complexity index is 880. The monoisotopic (exact) mass is 367 g/mol. The maximum Gasteiger partial charge on any atom is 0.366 e. The molecule has 0 aliphatic heterocycles. The fraction of sp³-hybridized carbons (Fsp3) is 0.0526. The normalized spacial score (nSPS) is 11.5. The van der Waals surface area contributed by atoms with Crippen LogP contribution in [0, 0.1) is 0 Å². The third-order valence-electron chi connectivity index (χ3n) is 3.54. The van der Waals surface area contributed by atoms with Gasteiger partial charge in [-0.1, -0.05) is 69.6 Å². The Morgan fingerprint density at radius 1 is 0.957 bits per heavy atom. The second-order valence-corrected chi connectivity index (χ2v) is 6.00. The lowest BCUT2D eigenvalue weighted by Gasteiger charge is -2.05. The minimum absolute atomic E-state index is 0.460. The zero-order valence-electron chi connectivity index (χ0n) is 12.5. The van der Waals surface area contributed by atoms with E-state index in [0.717, 1.165) is 20.8 Å².